The molecule has 0 bridgehead atoms. The summed E-state index contributed by atoms with van der Waals surface area (Å²) in [5.74, 6) is 0.112. The van der Waals surface area contributed by atoms with E-state index in [0.29, 0.717) is 6.04 Å². The van der Waals surface area contributed by atoms with Crippen LogP contribution in [0.1, 0.15) is 43.5 Å². The van der Waals surface area contributed by atoms with Crippen molar-refractivity contribution in [2.45, 2.75) is 51.6 Å². The van der Waals surface area contributed by atoms with E-state index in [4.69, 9.17) is 0 Å². The van der Waals surface area contributed by atoms with E-state index in [2.05, 4.69) is 54.4 Å². The quantitative estimate of drug-likeness (QED) is 0.897. The molecule has 2 heterocycles. The number of H-pyrrole nitrogens is 1. The van der Waals surface area contributed by atoms with Gasteiger partial charge in [0.25, 0.3) is 0 Å². The molecule has 3 atom stereocenters. The number of likely N-dealkylation sites (N-methyl/N-ethyl adjacent to an activating group) is 1. The van der Waals surface area contributed by atoms with Crippen LogP contribution in [0.15, 0.2) is 23.9 Å². The van der Waals surface area contributed by atoms with Crippen molar-refractivity contribution >= 4 is 11.5 Å². The van der Waals surface area contributed by atoms with Crippen LogP contribution in [-0.2, 0) is 17.6 Å². The van der Waals surface area contributed by atoms with Gasteiger partial charge in [-0.15, -0.1) is 0 Å². The van der Waals surface area contributed by atoms with Crippen LogP contribution in [0, 0.1) is 5.92 Å². The van der Waals surface area contributed by atoms with Gasteiger partial charge in [-0.05, 0) is 56.4 Å². The summed E-state index contributed by atoms with van der Waals surface area (Å²) in [6, 6.07) is 0.639. The molecule has 4 heteroatoms. The minimum absolute atomic E-state index is 0.0537. The van der Waals surface area contributed by atoms with Crippen LogP contribution in [0.3, 0.4) is 0 Å². The molecule has 0 radical (unpaired) electrons. The summed E-state index contributed by atoms with van der Waals surface area (Å²) >= 11 is 0. The fourth-order valence-corrected chi connectivity index (χ4v) is 4.34. The van der Waals surface area contributed by atoms with Crippen molar-refractivity contribution < 1.29 is 4.79 Å². The number of nitrogens with one attached hydrogen (secondary N) is 2. The Hall–Kier alpha value is -1.81. The van der Waals surface area contributed by atoms with Gasteiger partial charge in [0.1, 0.15) is 0 Å². The van der Waals surface area contributed by atoms with Gasteiger partial charge < -0.3 is 10.3 Å². The van der Waals surface area contributed by atoms with E-state index < -0.39 is 0 Å². The molecule has 0 saturated carbocycles. The zero-order chi connectivity index (χ0) is 16.8. The molecular weight excluding hydrogens is 298 g/mol. The van der Waals surface area contributed by atoms with Crippen molar-refractivity contribution in [1.82, 2.24) is 15.2 Å². The van der Waals surface area contributed by atoms with Crippen LogP contribution in [0.2, 0.25) is 0 Å². The maximum absolute atomic E-state index is 12.7. The van der Waals surface area contributed by atoms with Crippen LogP contribution in [0.5, 0.6) is 0 Å². The maximum Gasteiger partial charge on any atom is 0.228 e. The summed E-state index contributed by atoms with van der Waals surface area (Å²) in [6.07, 6.45) is 11.0. The topological polar surface area (TPSA) is 48.1 Å². The molecule has 1 amide bonds. The van der Waals surface area contributed by atoms with Crippen molar-refractivity contribution in [1.29, 1.82) is 0 Å². The molecule has 24 heavy (non-hydrogen) atoms. The van der Waals surface area contributed by atoms with Crippen LogP contribution in [-0.4, -0.2) is 41.5 Å². The molecule has 0 aromatic carbocycles. The first-order valence-electron chi connectivity index (χ1n) is 9.20. The molecule has 0 spiro atoms. The first-order valence-corrected chi connectivity index (χ1v) is 9.20. The van der Waals surface area contributed by atoms with E-state index >= 15 is 0 Å². The van der Waals surface area contributed by atoms with Crippen LogP contribution >= 0.6 is 0 Å². The van der Waals surface area contributed by atoms with Gasteiger partial charge >= 0.3 is 0 Å². The van der Waals surface area contributed by atoms with Crippen LogP contribution in [0.25, 0.3) is 5.57 Å². The van der Waals surface area contributed by atoms with E-state index in [1.54, 1.807) is 0 Å². The van der Waals surface area contributed by atoms with Crippen molar-refractivity contribution in [3.05, 3.63) is 40.7 Å². The first kappa shape index (κ1) is 15.7. The van der Waals surface area contributed by atoms with Crippen molar-refractivity contribution in [2.75, 3.05) is 13.6 Å². The number of aryl methyl sites for hydroxylation is 1. The third-order valence-corrected chi connectivity index (χ3v) is 5.87. The number of carbonyl (C=O) groups is 1. The molecule has 1 aliphatic heterocycles. The Kier molecular flexibility index (Phi) is 3.87. The second-order valence-electron chi connectivity index (χ2n) is 7.53. The number of carbonyl (C=O) groups excluding carboxylic acids is 1. The Morgan fingerprint density at radius 1 is 1.50 bits per heavy atom. The standard InChI is InChI=1S/C20H27N3O/c1-4-12(2)22-20(24)14-8-16-15-6-5-7-17-19(15)13(10-21-17)9-18(16)23(3)11-14/h6,8,10,12,14,18,21H,4-5,7,9,11H2,1-3H3,(H,22,24)/t12-,14+,18+/m0/s1. The lowest BCUT2D eigenvalue weighted by Crippen LogP contribution is -2.48. The Labute approximate surface area is 144 Å². The number of hydrogen-bond acceptors (Lipinski definition) is 2. The normalized spacial score (nSPS) is 26.8. The lowest BCUT2D eigenvalue weighted by atomic mass is 9.75. The lowest BCUT2D eigenvalue weighted by molar-refractivity contribution is -0.125. The van der Waals surface area contributed by atoms with Gasteiger partial charge in [0.05, 0.1) is 5.92 Å². The highest BCUT2D eigenvalue weighted by atomic mass is 16.2. The average molecular weight is 325 g/mol. The van der Waals surface area contributed by atoms with Crippen LogP contribution in [0.4, 0.5) is 0 Å². The zero-order valence-corrected chi connectivity index (χ0v) is 14.9. The van der Waals surface area contributed by atoms with Gasteiger partial charge in [-0.3, -0.25) is 9.69 Å². The number of aromatic nitrogens is 1. The van der Waals surface area contributed by atoms with Crippen molar-refractivity contribution in [3.63, 3.8) is 0 Å². The van der Waals surface area contributed by atoms with Gasteiger partial charge in [-0.25, -0.2) is 0 Å². The van der Waals surface area contributed by atoms with Gasteiger partial charge in [0.2, 0.25) is 5.91 Å². The van der Waals surface area contributed by atoms with Crippen LogP contribution < -0.4 is 5.32 Å². The number of nitrogens with zero attached hydrogens (tertiary/aromatic N) is 1. The van der Waals surface area contributed by atoms with E-state index in [1.807, 2.05) is 0 Å². The summed E-state index contributed by atoms with van der Waals surface area (Å²) in [5, 5.41) is 3.15. The van der Waals surface area contributed by atoms with Crippen molar-refractivity contribution in [3.8, 4) is 0 Å². The molecule has 0 fully saturated rings. The molecule has 4 rings (SSSR count). The number of amides is 1. The van der Waals surface area contributed by atoms with E-state index in [0.717, 1.165) is 32.2 Å². The van der Waals surface area contributed by atoms with Gasteiger partial charge in [-0.2, -0.15) is 0 Å². The fourth-order valence-electron chi connectivity index (χ4n) is 4.34. The highest BCUT2D eigenvalue weighted by molar-refractivity contribution is 5.89. The summed E-state index contributed by atoms with van der Waals surface area (Å²) in [5.41, 5.74) is 6.96. The highest BCUT2D eigenvalue weighted by Gasteiger charge is 2.38. The molecule has 1 aromatic rings. The Morgan fingerprint density at radius 3 is 3.12 bits per heavy atom. The summed E-state index contributed by atoms with van der Waals surface area (Å²) in [6.45, 7) is 4.98. The molecule has 3 aliphatic rings. The second kappa shape index (κ2) is 5.92. The number of allylic oxidation sites excluding steroid dienone is 1. The molecule has 0 unspecified atom stereocenters. The summed E-state index contributed by atoms with van der Waals surface area (Å²) in [7, 11) is 2.16. The molecule has 128 valence electrons. The molecule has 0 saturated heterocycles. The summed E-state index contributed by atoms with van der Waals surface area (Å²) in [4.78, 5) is 18.5. The third-order valence-electron chi connectivity index (χ3n) is 5.87. The number of hydrogen-bond donors (Lipinski definition) is 2. The Morgan fingerprint density at radius 2 is 2.33 bits per heavy atom. The van der Waals surface area contributed by atoms with E-state index in [1.165, 1.54) is 28.0 Å². The second-order valence-corrected chi connectivity index (χ2v) is 7.53. The maximum atomic E-state index is 12.7. The Bertz CT molecular complexity index is 727. The first-order chi connectivity index (χ1) is 11.6. The zero-order valence-electron chi connectivity index (χ0n) is 14.9. The minimum Gasteiger partial charge on any atom is -0.364 e. The highest BCUT2D eigenvalue weighted by Crippen LogP contribution is 2.43. The molecule has 1 aromatic heterocycles. The molecule has 2 aliphatic carbocycles. The minimum atomic E-state index is -0.0537. The van der Waals surface area contributed by atoms with E-state index in [-0.39, 0.29) is 17.9 Å². The number of fused-ring (bicyclic) bond motifs is 2. The monoisotopic (exact) mass is 325 g/mol. The number of aromatic amines is 1. The van der Waals surface area contributed by atoms with Gasteiger partial charge in [0.15, 0.2) is 0 Å². The molecule has 2 N–H and O–H groups in total. The lowest BCUT2D eigenvalue weighted by Gasteiger charge is -2.41. The van der Waals surface area contributed by atoms with E-state index in [9.17, 15) is 4.79 Å². The predicted molar refractivity (Wildman–Crippen MR) is 96.7 cm³/mol. The molecule has 4 nitrogen and oxygen atoms in total. The summed E-state index contributed by atoms with van der Waals surface area (Å²) < 4.78 is 0. The van der Waals surface area contributed by atoms with Gasteiger partial charge in [0, 0.05) is 36.1 Å². The average Bonchev–Trinajstić information content (AvgIpc) is 3.00. The SMILES string of the molecule is CC[C@H](C)NC(=O)[C@@H]1C=C2C3=CCCc4[nH]cc(c43)C[C@H]2N(C)C1. The number of rotatable bonds is 3. The third kappa shape index (κ3) is 2.44. The Balaban J connectivity index is 1.69. The van der Waals surface area contributed by atoms with Crippen molar-refractivity contribution in [2.24, 2.45) is 5.92 Å². The smallest absolute Gasteiger partial charge is 0.228 e. The largest absolute Gasteiger partial charge is 0.364 e. The molecular formula is C20H27N3O. The predicted octanol–water partition coefficient (Wildman–Crippen LogP) is 2.67. The fraction of sp³-hybridized carbons (Fsp3) is 0.550. The van der Waals surface area contributed by atoms with Gasteiger partial charge in [-0.1, -0.05) is 19.1 Å².